The second-order valence-corrected chi connectivity index (χ2v) is 7.56. The standard InChI is InChI=1S/C8H16NO3P.ClH/c1-13(2,12)6-3-4-9-7(5-6)8(10)11;/h6-7,9H,3-5H2,1-2H3,(H,10,11);1H. The Balaban J connectivity index is 0.00000169. The lowest BCUT2D eigenvalue weighted by Crippen LogP contribution is -2.45. The number of halogens is 1. The normalized spacial score (nSPS) is 27.9. The van der Waals surface area contributed by atoms with E-state index in [1.165, 1.54) is 0 Å². The largest absolute Gasteiger partial charge is 0.480 e. The molecule has 0 amide bonds. The molecule has 0 bridgehead atoms. The molecule has 0 saturated carbocycles. The average Bonchev–Trinajstić information content (AvgIpc) is 2.03. The molecule has 1 rings (SSSR count). The lowest BCUT2D eigenvalue weighted by atomic mass is 10.0. The van der Waals surface area contributed by atoms with Crippen LogP contribution in [-0.4, -0.2) is 42.7 Å². The summed E-state index contributed by atoms with van der Waals surface area (Å²) >= 11 is 0. The summed E-state index contributed by atoms with van der Waals surface area (Å²) in [5.74, 6) is -0.835. The molecule has 0 aromatic carbocycles. The second kappa shape index (κ2) is 5.15. The number of aliphatic carboxylic acids is 1. The van der Waals surface area contributed by atoms with Gasteiger partial charge >= 0.3 is 5.97 Å². The lowest BCUT2D eigenvalue weighted by molar-refractivity contribution is -0.140. The van der Waals surface area contributed by atoms with E-state index in [0.717, 1.165) is 6.42 Å². The predicted octanol–water partition coefficient (Wildman–Crippen LogP) is 1.24. The maximum Gasteiger partial charge on any atom is 0.320 e. The Morgan fingerprint density at radius 2 is 2.07 bits per heavy atom. The molecule has 1 saturated heterocycles. The first-order valence-corrected chi connectivity index (χ1v) is 7.09. The van der Waals surface area contributed by atoms with Crippen LogP contribution in [0.4, 0.5) is 0 Å². The summed E-state index contributed by atoms with van der Waals surface area (Å²) in [4.78, 5) is 10.7. The van der Waals surface area contributed by atoms with Gasteiger partial charge in [-0.3, -0.25) is 4.79 Å². The molecular formula is C8H17ClNO3P. The van der Waals surface area contributed by atoms with Gasteiger partial charge in [-0.25, -0.2) is 0 Å². The highest BCUT2D eigenvalue weighted by Crippen LogP contribution is 2.47. The van der Waals surface area contributed by atoms with Crippen molar-refractivity contribution in [3.8, 4) is 0 Å². The summed E-state index contributed by atoms with van der Waals surface area (Å²) < 4.78 is 11.7. The number of rotatable bonds is 2. The van der Waals surface area contributed by atoms with Crippen LogP contribution in [0.15, 0.2) is 0 Å². The summed E-state index contributed by atoms with van der Waals surface area (Å²) in [6.45, 7) is 4.14. The molecule has 14 heavy (non-hydrogen) atoms. The van der Waals surface area contributed by atoms with Crippen molar-refractivity contribution in [2.75, 3.05) is 19.9 Å². The topological polar surface area (TPSA) is 66.4 Å². The van der Waals surface area contributed by atoms with E-state index in [1.54, 1.807) is 13.3 Å². The third kappa shape index (κ3) is 3.60. The molecule has 0 aromatic rings. The molecule has 0 aliphatic carbocycles. The Kier molecular flexibility index (Phi) is 5.13. The predicted molar refractivity (Wildman–Crippen MR) is 59.2 cm³/mol. The zero-order chi connectivity index (χ0) is 10.1. The van der Waals surface area contributed by atoms with Gasteiger partial charge in [-0.15, -0.1) is 12.4 Å². The van der Waals surface area contributed by atoms with Crippen LogP contribution in [0.1, 0.15) is 12.8 Å². The first-order chi connectivity index (χ1) is 5.91. The van der Waals surface area contributed by atoms with Crippen molar-refractivity contribution in [1.29, 1.82) is 0 Å². The van der Waals surface area contributed by atoms with E-state index in [-0.39, 0.29) is 18.1 Å². The first-order valence-electron chi connectivity index (χ1n) is 4.42. The number of piperidine rings is 1. The molecular weight excluding hydrogens is 225 g/mol. The summed E-state index contributed by atoms with van der Waals surface area (Å²) in [5.41, 5.74) is 0.0786. The van der Waals surface area contributed by atoms with Gasteiger partial charge in [-0.1, -0.05) is 0 Å². The van der Waals surface area contributed by atoms with Crippen molar-refractivity contribution >= 4 is 25.5 Å². The molecule has 0 radical (unpaired) electrons. The minimum atomic E-state index is -2.12. The summed E-state index contributed by atoms with van der Waals surface area (Å²) in [6, 6.07) is -0.507. The van der Waals surface area contributed by atoms with Gasteiger partial charge in [0, 0.05) is 5.66 Å². The van der Waals surface area contributed by atoms with Crippen molar-refractivity contribution in [3.05, 3.63) is 0 Å². The number of carbonyl (C=O) groups is 1. The minimum Gasteiger partial charge on any atom is -0.480 e. The van der Waals surface area contributed by atoms with E-state index in [0.29, 0.717) is 13.0 Å². The minimum absolute atomic E-state index is 0. The van der Waals surface area contributed by atoms with Crippen LogP contribution in [0.5, 0.6) is 0 Å². The van der Waals surface area contributed by atoms with Crippen LogP contribution < -0.4 is 5.32 Å². The van der Waals surface area contributed by atoms with Gasteiger partial charge in [0.1, 0.15) is 6.04 Å². The fourth-order valence-electron chi connectivity index (χ4n) is 1.65. The smallest absolute Gasteiger partial charge is 0.320 e. The maximum absolute atomic E-state index is 11.7. The molecule has 1 aliphatic rings. The fourth-order valence-corrected chi connectivity index (χ4v) is 3.12. The summed E-state index contributed by atoms with van der Waals surface area (Å²) in [6.07, 6.45) is 1.33. The van der Waals surface area contributed by atoms with Gasteiger partial charge in [0.2, 0.25) is 0 Å². The molecule has 4 nitrogen and oxygen atoms in total. The molecule has 1 aliphatic heterocycles. The van der Waals surface area contributed by atoms with E-state index in [9.17, 15) is 9.36 Å². The van der Waals surface area contributed by atoms with E-state index < -0.39 is 19.2 Å². The third-order valence-electron chi connectivity index (χ3n) is 2.55. The highest BCUT2D eigenvalue weighted by molar-refractivity contribution is 7.63. The average molecular weight is 242 g/mol. The van der Waals surface area contributed by atoms with Crippen molar-refractivity contribution in [1.82, 2.24) is 5.32 Å². The van der Waals surface area contributed by atoms with Crippen molar-refractivity contribution < 1.29 is 14.5 Å². The monoisotopic (exact) mass is 241 g/mol. The Hall–Kier alpha value is -0.0500. The molecule has 0 spiro atoms. The fraction of sp³-hybridized carbons (Fsp3) is 0.875. The lowest BCUT2D eigenvalue weighted by Gasteiger charge is -2.30. The Morgan fingerprint density at radius 3 is 2.50 bits per heavy atom. The van der Waals surface area contributed by atoms with Gasteiger partial charge in [-0.2, -0.15) is 0 Å². The zero-order valence-electron chi connectivity index (χ0n) is 8.40. The van der Waals surface area contributed by atoms with Gasteiger partial charge in [-0.05, 0) is 32.7 Å². The number of carboxylic acids is 1. The number of hydrogen-bond donors (Lipinski definition) is 2. The van der Waals surface area contributed by atoms with Crippen LogP contribution in [0.3, 0.4) is 0 Å². The maximum atomic E-state index is 11.7. The molecule has 2 atom stereocenters. The van der Waals surface area contributed by atoms with E-state index in [4.69, 9.17) is 5.11 Å². The highest BCUT2D eigenvalue weighted by atomic mass is 35.5. The molecule has 1 heterocycles. The quantitative estimate of drug-likeness (QED) is 0.714. The molecule has 1 fully saturated rings. The molecule has 0 aromatic heterocycles. The molecule has 2 unspecified atom stereocenters. The molecule has 2 N–H and O–H groups in total. The Morgan fingerprint density at radius 1 is 1.50 bits per heavy atom. The van der Waals surface area contributed by atoms with Crippen LogP contribution in [-0.2, 0) is 9.36 Å². The van der Waals surface area contributed by atoms with Crippen molar-refractivity contribution in [3.63, 3.8) is 0 Å². The summed E-state index contributed by atoms with van der Waals surface area (Å²) in [7, 11) is -2.12. The van der Waals surface area contributed by atoms with Gasteiger partial charge < -0.3 is 15.0 Å². The van der Waals surface area contributed by atoms with Crippen LogP contribution in [0, 0.1) is 0 Å². The molecule has 84 valence electrons. The summed E-state index contributed by atoms with van der Waals surface area (Å²) in [5, 5.41) is 11.7. The van der Waals surface area contributed by atoms with Gasteiger partial charge in [0.15, 0.2) is 0 Å². The van der Waals surface area contributed by atoms with Gasteiger partial charge in [0.05, 0.1) is 7.14 Å². The van der Waals surface area contributed by atoms with E-state index >= 15 is 0 Å². The number of hydrogen-bond acceptors (Lipinski definition) is 3. The first kappa shape index (κ1) is 13.9. The zero-order valence-corrected chi connectivity index (χ0v) is 10.1. The van der Waals surface area contributed by atoms with E-state index in [1.807, 2.05) is 0 Å². The Labute approximate surface area is 90.2 Å². The van der Waals surface area contributed by atoms with Crippen LogP contribution >= 0.6 is 19.5 Å². The van der Waals surface area contributed by atoms with Crippen molar-refractivity contribution in [2.45, 2.75) is 24.5 Å². The highest BCUT2D eigenvalue weighted by Gasteiger charge is 2.32. The second-order valence-electron chi connectivity index (χ2n) is 3.96. The molecule has 6 heteroatoms. The number of nitrogens with one attached hydrogen (secondary N) is 1. The Bertz CT molecular complexity index is 253. The number of carboxylic acid groups (broad SMARTS) is 1. The van der Waals surface area contributed by atoms with E-state index in [2.05, 4.69) is 5.32 Å². The SMILES string of the molecule is CP(C)(=O)C1CCNC(C(=O)O)C1.Cl. The van der Waals surface area contributed by atoms with Crippen LogP contribution in [0.25, 0.3) is 0 Å². The third-order valence-corrected chi connectivity index (χ3v) is 4.78. The van der Waals surface area contributed by atoms with Crippen LogP contribution in [0.2, 0.25) is 0 Å². The van der Waals surface area contributed by atoms with Crippen molar-refractivity contribution in [2.24, 2.45) is 0 Å². The van der Waals surface area contributed by atoms with Gasteiger partial charge in [0.25, 0.3) is 0 Å².